The van der Waals surface area contributed by atoms with Crippen LogP contribution in [-0.2, 0) is 33.2 Å². The quantitative estimate of drug-likeness (QED) is 0.0199. The lowest BCUT2D eigenvalue weighted by Gasteiger charge is -2.48. The minimum atomic E-state index is -1.98. The molecule has 0 aromatic rings. The summed E-state index contributed by atoms with van der Waals surface area (Å²) in [6.45, 7) is 1.81. The van der Waals surface area contributed by atoms with E-state index in [2.05, 4.69) is 31.3 Å². The van der Waals surface area contributed by atoms with Crippen molar-refractivity contribution < 1.29 is 89.4 Å². The third kappa shape index (κ3) is 46.4. The predicted octanol–water partition coefficient (Wildman–Crippen LogP) is 16.5. The molecule has 17 unspecified atom stereocenters. The molecular weight excluding hydrogens is 1350 g/mol. The van der Waals surface area contributed by atoms with E-state index in [9.17, 15) is 61.0 Å². The summed E-state index contributed by atoms with van der Waals surface area (Å²) in [5, 5.41) is 121. The number of nitrogens with one attached hydrogen (secondary N) is 1. The molecule has 0 radical (unpaired) electrons. The fourth-order valence-corrected chi connectivity index (χ4v) is 15.4. The number of hydrogen-bond acceptors (Lipinski definition) is 18. The van der Waals surface area contributed by atoms with Crippen LogP contribution in [0, 0.1) is 0 Å². The number of carbonyl (C=O) groups is 1. The zero-order chi connectivity index (χ0) is 76.7. The minimum absolute atomic E-state index is 0.249. The second kappa shape index (κ2) is 67.7. The lowest BCUT2D eigenvalue weighted by atomic mass is 9.96. The molecule has 1 amide bonds. The van der Waals surface area contributed by atoms with E-state index in [0.29, 0.717) is 6.42 Å². The number of hydrogen-bond donors (Lipinski definition) is 12. The van der Waals surface area contributed by atoms with Gasteiger partial charge in [-0.15, -0.1) is 0 Å². The fraction of sp³-hybridized carbons (Fsp3) is 0.943. The Morgan fingerprint density at radius 1 is 0.330 bits per heavy atom. The molecule has 17 atom stereocenters. The van der Waals surface area contributed by atoms with Gasteiger partial charge in [-0.3, -0.25) is 4.79 Å². The number of carbonyl (C=O) groups excluding carboxylic acids is 1. The average Bonchev–Trinajstić information content (AvgIpc) is 0.780. The second-order valence-electron chi connectivity index (χ2n) is 32.1. The van der Waals surface area contributed by atoms with E-state index >= 15 is 0 Å². The molecule has 3 rings (SSSR count). The highest BCUT2D eigenvalue weighted by Gasteiger charge is 2.54. The van der Waals surface area contributed by atoms with E-state index in [1.807, 2.05) is 6.08 Å². The topological polar surface area (TPSA) is 307 Å². The number of rotatable bonds is 73. The number of ether oxygens (including phenoxy) is 6. The summed E-state index contributed by atoms with van der Waals surface area (Å²) in [6, 6.07) is -0.972. The van der Waals surface area contributed by atoms with Crippen LogP contribution in [0.2, 0.25) is 0 Å². The molecule has 0 spiro atoms. The van der Waals surface area contributed by atoms with E-state index in [4.69, 9.17) is 28.4 Å². The van der Waals surface area contributed by atoms with Gasteiger partial charge in [0, 0.05) is 6.42 Å². The SMILES string of the molecule is CCCCCCCCCC/C=C\CCCCCCCCCCCCCCCCCCCCCCCCCCCC(=O)NC(COC1OC(CO)C(OC2OC(CO)C(OC3OC(CO)C(O)C(O)C3O)C(O)C2O)C(O)C1O)C(O)/C=C/CCCCCCCCCCCCCCCCCCCCCCCC. The van der Waals surface area contributed by atoms with E-state index in [-0.39, 0.29) is 18.9 Å². The zero-order valence-electron chi connectivity index (χ0n) is 67.4. The summed E-state index contributed by atoms with van der Waals surface area (Å²) in [4.78, 5) is 13.5. The third-order valence-electron chi connectivity index (χ3n) is 22.5. The van der Waals surface area contributed by atoms with Crippen LogP contribution in [0.15, 0.2) is 24.3 Å². The summed E-state index contributed by atoms with van der Waals surface area (Å²) in [5.74, 6) is -0.266. The van der Waals surface area contributed by atoms with Crippen molar-refractivity contribution in [3.05, 3.63) is 24.3 Å². The van der Waals surface area contributed by atoms with Gasteiger partial charge in [-0.2, -0.15) is 0 Å². The smallest absolute Gasteiger partial charge is 0.220 e. The van der Waals surface area contributed by atoms with Gasteiger partial charge in [-0.25, -0.2) is 0 Å². The molecule has 19 heteroatoms. The van der Waals surface area contributed by atoms with Gasteiger partial charge < -0.3 is 89.9 Å². The van der Waals surface area contributed by atoms with Crippen molar-refractivity contribution in [1.82, 2.24) is 5.32 Å². The van der Waals surface area contributed by atoms with Crippen LogP contribution < -0.4 is 5.32 Å². The number of amides is 1. The van der Waals surface area contributed by atoms with Gasteiger partial charge in [-0.05, 0) is 44.9 Å². The lowest BCUT2D eigenvalue weighted by molar-refractivity contribution is -0.379. The minimum Gasteiger partial charge on any atom is -0.394 e. The van der Waals surface area contributed by atoms with Gasteiger partial charge in [0.15, 0.2) is 18.9 Å². The van der Waals surface area contributed by atoms with E-state index in [1.165, 1.54) is 321 Å². The number of allylic oxidation sites excluding steroid dienone is 3. The van der Waals surface area contributed by atoms with Crippen LogP contribution in [0.4, 0.5) is 0 Å². The van der Waals surface area contributed by atoms with Crippen molar-refractivity contribution >= 4 is 5.91 Å². The summed E-state index contributed by atoms with van der Waals surface area (Å²) >= 11 is 0. The zero-order valence-corrected chi connectivity index (χ0v) is 67.4. The molecule has 0 saturated carbocycles. The molecular formula is C87H165NO18. The van der Waals surface area contributed by atoms with Gasteiger partial charge in [0.2, 0.25) is 5.91 Å². The molecule has 3 aliphatic heterocycles. The maximum absolute atomic E-state index is 13.5. The Morgan fingerprint density at radius 2 is 0.594 bits per heavy atom. The highest BCUT2D eigenvalue weighted by molar-refractivity contribution is 5.76. The molecule has 626 valence electrons. The molecule has 12 N–H and O–H groups in total. The summed E-state index contributed by atoms with van der Waals surface area (Å²) < 4.78 is 34.5. The molecule has 3 heterocycles. The van der Waals surface area contributed by atoms with Crippen LogP contribution in [0.5, 0.6) is 0 Å². The molecule has 3 aliphatic rings. The van der Waals surface area contributed by atoms with Gasteiger partial charge in [0.05, 0.1) is 38.6 Å². The van der Waals surface area contributed by atoms with Crippen LogP contribution in [0.25, 0.3) is 0 Å². The molecule has 0 aromatic carbocycles. The molecule has 0 bridgehead atoms. The van der Waals surface area contributed by atoms with Crippen LogP contribution in [0.1, 0.15) is 393 Å². The third-order valence-corrected chi connectivity index (χ3v) is 22.5. The molecule has 3 saturated heterocycles. The van der Waals surface area contributed by atoms with Crippen molar-refractivity contribution in [2.75, 3.05) is 26.4 Å². The van der Waals surface area contributed by atoms with Crippen molar-refractivity contribution in [3.63, 3.8) is 0 Å². The van der Waals surface area contributed by atoms with Gasteiger partial charge in [0.25, 0.3) is 0 Å². The van der Waals surface area contributed by atoms with Gasteiger partial charge in [-0.1, -0.05) is 366 Å². The van der Waals surface area contributed by atoms with E-state index in [0.717, 1.165) is 44.9 Å². The first-order valence-corrected chi connectivity index (χ1v) is 44.6. The highest BCUT2D eigenvalue weighted by Crippen LogP contribution is 2.34. The Bertz CT molecular complexity index is 2000. The Balaban J connectivity index is 1.31. The van der Waals surface area contributed by atoms with Crippen molar-refractivity contribution in [1.29, 1.82) is 0 Å². The first-order valence-electron chi connectivity index (χ1n) is 44.6. The van der Waals surface area contributed by atoms with Crippen LogP contribution >= 0.6 is 0 Å². The van der Waals surface area contributed by atoms with Crippen molar-refractivity contribution in [2.45, 2.75) is 497 Å². The summed E-state index contributed by atoms with van der Waals surface area (Å²) in [6.07, 6.45) is 57.6. The summed E-state index contributed by atoms with van der Waals surface area (Å²) in [5.41, 5.74) is 0. The van der Waals surface area contributed by atoms with E-state index in [1.54, 1.807) is 6.08 Å². The number of aliphatic hydroxyl groups is 11. The number of aliphatic hydroxyl groups excluding tert-OH is 11. The van der Waals surface area contributed by atoms with Crippen molar-refractivity contribution in [3.8, 4) is 0 Å². The maximum atomic E-state index is 13.5. The molecule has 3 fully saturated rings. The molecule has 106 heavy (non-hydrogen) atoms. The molecule has 0 aliphatic carbocycles. The Labute approximate surface area is 645 Å². The molecule has 0 aromatic heterocycles. The lowest BCUT2D eigenvalue weighted by Crippen LogP contribution is -2.66. The average molecular weight is 1510 g/mol. The highest BCUT2D eigenvalue weighted by atomic mass is 16.8. The van der Waals surface area contributed by atoms with Crippen molar-refractivity contribution in [2.24, 2.45) is 0 Å². The first-order chi connectivity index (χ1) is 51.8. The van der Waals surface area contributed by atoms with Gasteiger partial charge >= 0.3 is 0 Å². The van der Waals surface area contributed by atoms with Crippen LogP contribution in [0.3, 0.4) is 0 Å². The fourth-order valence-electron chi connectivity index (χ4n) is 15.4. The molecule has 19 nitrogen and oxygen atoms in total. The van der Waals surface area contributed by atoms with Gasteiger partial charge in [0.1, 0.15) is 73.2 Å². The largest absolute Gasteiger partial charge is 0.394 e. The first kappa shape index (κ1) is 98.5. The maximum Gasteiger partial charge on any atom is 0.220 e. The van der Waals surface area contributed by atoms with E-state index < -0.39 is 124 Å². The predicted molar refractivity (Wildman–Crippen MR) is 425 cm³/mol. The standard InChI is InChI=1S/C87H165NO18/c1-3-5-7-9-11-13-15-17-19-21-23-25-27-29-30-31-32-33-34-35-36-37-38-39-40-41-43-45-47-49-51-53-55-57-59-61-63-65-75(93)88-70(71(92)64-62-60-58-56-54-52-50-48-46-44-42-28-26-24-22-20-18-16-14-12-10-8-6-4-2)69-101-85-81(99)78(96)83(73(67-90)103-85)106-87-82(100)79(97)84(74(68-91)104-87)105-86-80(98)77(95)76(94)72(66-89)102-86/h21,23,62,64,70-74,76-87,89-92,94-100H,3-20,22,24-61,63,65-69H2,1-2H3,(H,88,93)/b23-21-,64-62+. The normalized spacial score (nSPS) is 25.7. The Morgan fingerprint density at radius 3 is 0.915 bits per heavy atom. The summed E-state index contributed by atoms with van der Waals surface area (Å²) in [7, 11) is 0. The Kier molecular flexibility index (Phi) is 62.9. The monoisotopic (exact) mass is 1510 g/mol. The second-order valence-corrected chi connectivity index (χ2v) is 32.1. The Hall–Kier alpha value is -1.73. The number of unbranched alkanes of at least 4 members (excludes halogenated alkanes) is 55. The van der Waals surface area contributed by atoms with Crippen LogP contribution in [-0.4, -0.2) is 193 Å².